The lowest BCUT2D eigenvalue weighted by Crippen LogP contribution is -2.30. The van der Waals surface area contributed by atoms with E-state index >= 15 is 0 Å². The van der Waals surface area contributed by atoms with Crippen molar-refractivity contribution in [2.75, 3.05) is 7.11 Å². The molecular weight excluding hydrogens is 212 g/mol. The second kappa shape index (κ2) is 5.46. The molecule has 1 aliphatic carbocycles. The molecule has 0 saturated heterocycles. The first-order valence-corrected chi connectivity index (χ1v) is 6.39. The Labute approximate surface area is 103 Å². The molecule has 1 aromatic rings. The first-order valence-electron chi connectivity index (χ1n) is 6.39. The van der Waals surface area contributed by atoms with E-state index < -0.39 is 0 Å². The molecule has 2 atom stereocenters. The number of Topliss-reactive ketones (excluding diaryl/α,β-unsaturated/α-hetero) is 1. The van der Waals surface area contributed by atoms with Crippen molar-refractivity contribution in [3.05, 3.63) is 35.4 Å². The van der Waals surface area contributed by atoms with Crippen molar-refractivity contribution in [2.45, 2.75) is 44.6 Å². The lowest BCUT2D eigenvalue weighted by atomic mass is 9.81. The molecule has 2 nitrogen and oxygen atoms in total. The summed E-state index contributed by atoms with van der Waals surface area (Å²) in [6.45, 7) is 2.16. The molecule has 0 amide bonds. The van der Waals surface area contributed by atoms with E-state index in [2.05, 4.69) is 31.2 Å². The Morgan fingerprint density at radius 3 is 2.59 bits per heavy atom. The Hall–Kier alpha value is -1.15. The predicted octanol–water partition coefficient (Wildman–Crippen LogP) is 3.10. The summed E-state index contributed by atoms with van der Waals surface area (Å²) in [6, 6.07) is 8.78. The summed E-state index contributed by atoms with van der Waals surface area (Å²) < 4.78 is 5.25. The van der Waals surface area contributed by atoms with Gasteiger partial charge in [-0.05, 0) is 36.3 Å². The van der Waals surface area contributed by atoms with Crippen molar-refractivity contribution in [1.29, 1.82) is 0 Å². The van der Waals surface area contributed by atoms with Gasteiger partial charge in [0.25, 0.3) is 0 Å². The maximum Gasteiger partial charge on any atom is 0.161 e. The van der Waals surface area contributed by atoms with Crippen LogP contribution in [0.1, 0.15) is 43.2 Å². The molecule has 1 fully saturated rings. The molecule has 92 valence electrons. The Balaban J connectivity index is 2.09. The van der Waals surface area contributed by atoms with E-state index in [9.17, 15) is 4.79 Å². The first kappa shape index (κ1) is 12.3. The van der Waals surface area contributed by atoms with Crippen LogP contribution in [0.25, 0.3) is 0 Å². The summed E-state index contributed by atoms with van der Waals surface area (Å²) in [7, 11) is 1.63. The van der Waals surface area contributed by atoms with Crippen molar-refractivity contribution in [3.63, 3.8) is 0 Å². The van der Waals surface area contributed by atoms with Crippen molar-refractivity contribution in [3.8, 4) is 0 Å². The van der Waals surface area contributed by atoms with E-state index in [1.165, 1.54) is 11.1 Å². The number of aryl methyl sites for hydroxylation is 1. The summed E-state index contributed by atoms with van der Waals surface area (Å²) in [5.74, 6) is 0.734. The monoisotopic (exact) mass is 232 g/mol. The van der Waals surface area contributed by atoms with Crippen LogP contribution in [0.15, 0.2) is 24.3 Å². The van der Waals surface area contributed by atoms with Gasteiger partial charge in [0.1, 0.15) is 6.10 Å². The Kier molecular flexibility index (Phi) is 3.95. The fourth-order valence-corrected chi connectivity index (χ4v) is 2.54. The summed E-state index contributed by atoms with van der Waals surface area (Å²) in [6.07, 6.45) is 3.33. The van der Waals surface area contributed by atoms with Crippen LogP contribution in [0.4, 0.5) is 0 Å². The van der Waals surface area contributed by atoms with Crippen molar-refractivity contribution in [1.82, 2.24) is 0 Å². The van der Waals surface area contributed by atoms with E-state index in [4.69, 9.17) is 4.74 Å². The molecule has 0 radical (unpaired) electrons. The van der Waals surface area contributed by atoms with Crippen LogP contribution in [-0.2, 0) is 16.0 Å². The summed E-state index contributed by atoms with van der Waals surface area (Å²) >= 11 is 0. The van der Waals surface area contributed by atoms with Crippen LogP contribution in [-0.4, -0.2) is 19.0 Å². The summed E-state index contributed by atoms with van der Waals surface area (Å²) in [4.78, 5) is 11.6. The van der Waals surface area contributed by atoms with Gasteiger partial charge in [0.05, 0.1) is 0 Å². The standard InChI is InChI=1S/C15H20O2/c1-3-11-4-6-12(7-5-11)13-8-9-14(16)15(10-13)17-2/h4-7,13,15H,3,8-10H2,1-2H3. The van der Waals surface area contributed by atoms with E-state index in [-0.39, 0.29) is 11.9 Å². The third kappa shape index (κ3) is 2.75. The van der Waals surface area contributed by atoms with Crippen molar-refractivity contribution >= 4 is 5.78 Å². The van der Waals surface area contributed by atoms with Crippen LogP contribution in [0.5, 0.6) is 0 Å². The molecule has 0 spiro atoms. The lowest BCUT2D eigenvalue weighted by Gasteiger charge is -2.27. The normalized spacial score (nSPS) is 24.9. The summed E-state index contributed by atoms with van der Waals surface area (Å²) in [5, 5.41) is 0. The molecule has 0 N–H and O–H groups in total. The van der Waals surface area contributed by atoms with Gasteiger partial charge in [-0.3, -0.25) is 4.79 Å². The lowest BCUT2D eigenvalue weighted by molar-refractivity contribution is -0.131. The van der Waals surface area contributed by atoms with Gasteiger partial charge in [-0.2, -0.15) is 0 Å². The highest BCUT2D eigenvalue weighted by Crippen LogP contribution is 2.32. The van der Waals surface area contributed by atoms with Gasteiger partial charge in [0.15, 0.2) is 5.78 Å². The van der Waals surface area contributed by atoms with Gasteiger partial charge in [0, 0.05) is 13.5 Å². The van der Waals surface area contributed by atoms with Gasteiger partial charge < -0.3 is 4.74 Å². The predicted molar refractivity (Wildman–Crippen MR) is 68.2 cm³/mol. The van der Waals surface area contributed by atoms with E-state index in [0.29, 0.717) is 12.3 Å². The molecule has 0 heterocycles. The number of benzene rings is 1. The topological polar surface area (TPSA) is 26.3 Å². The minimum Gasteiger partial charge on any atom is -0.374 e. The molecular formula is C15H20O2. The fourth-order valence-electron chi connectivity index (χ4n) is 2.54. The van der Waals surface area contributed by atoms with Crippen LogP contribution in [0.2, 0.25) is 0 Å². The molecule has 1 aromatic carbocycles. The average molecular weight is 232 g/mol. The number of hydrogen-bond donors (Lipinski definition) is 0. The quantitative estimate of drug-likeness (QED) is 0.800. The van der Waals surface area contributed by atoms with Crippen LogP contribution in [0.3, 0.4) is 0 Å². The highest BCUT2D eigenvalue weighted by atomic mass is 16.5. The number of carbonyl (C=O) groups excluding carboxylic acids is 1. The Morgan fingerprint density at radius 2 is 2.00 bits per heavy atom. The molecule has 1 saturated carbocycles. The number of ether oxygens (including phenoxy) is 1. The molecule has 0 aliphatic heterocycles. The smallest absolute Gasteiger partial charge is 0.161 e. The van der Waals surface area contributed by atoms with Gasteiger partial charge in [-0.1, -0.05) is 31.2 Å². The van der Waals surface area contributed by atoms with Crippen LogP contribution < -0.4 is 0 Å². The minimum atomic E-state index is -0.195. The summed E-state index contributed by atoms with van der Waals surface area (Å²) in [5.41, 5.74) is 2.71. The van der Waals surface area contributed by atoms with Crippen molar-refractivity contribution < 1.29 is 9.53 Å². The number of rotatable bonds is 3. The molecule has 0 bridgehead atoms. The highest BCUT2D eigenvalue weighted by molar-refractivity contribution is 5.84. The molecule has 2 heteroatoms. The average Bonchev–Trinajstić information content (AvgIpc) is 2.39. The minimum absolute atomic E-state index is 0.195. The van der Waals surface area contributed by atoms with Crippen LogP contribution in [0, 0.1) is 0 Å². The number of ketones is 1. The van der Waals surface area contributed by atoms with Gasteiger partial charge in [-0.15, -0.1) is 0 Å². The van der Waals surface area contributed by atoms with Gasteiger partial charge in [0.2, 0.25) is 0 Å². The Bertz CT molecular complexity index is 380. The second-order valence-electron chi connectivity index (χ2n) is 4.76. The SMILES string of the molecule is CCc1ccc(C2CCC(=O)C(OC)C2)cc1. The Morgan fingerprint density at radius 1 is 1.29 bits per heavy atom. The third-order valence-corrected chi connectivity index (χ3v) is 3.74. The van der Waals surface area contributed by atoms with Gasteiger partial charge >= 0.3 is 0 Å². The van der Waals surface area contributed by atoms with Gasteiger partial charge in [-0.25, -0.2) is 0 Å². The molecule has 2 rings (SSSR count). The zero-order valence-corrected chi connectivity index (χ0v) is 10.6. The number of methoxy groups -OCH3 is 1. The second-order valence-corrected chi connectivity index (χ2v) is 4.76. The number of carbonyl (C=O) groups is 1. The molecule has 2 unspecified atom stereocenters. The fraction of sp³-hybridized carbons (Fsp3) is 0.533. The van der Waals surface area contributed by atoms with Crippen LogP contribution >= 0.6 is 0 Å². The zero-order valence-electron chi connectivity index (χ0n) is 10.6. The third-order valence-electron chi connectivity index (χ3n) is 3.74. The molecule has 17 heavy (non-hydrogen) atoms. The zero-order chi connectivity index (χ0) is 12.3. The largest absolute Gasteiger partial charge is 0.374 e. The van der Waals surface area contributed by atoms with Crippen molar-refractivity contribution in [2.24, 2.45) is 0 Å². The number of hydrogen-bond acceptors (Lipinski definition) is 2. The molecule has 1 aliphatic rings. The van der Waals surface area contributed by atoms with E-state index in [0.717, 1.165) is 19.3 Å². The maximum atomic E-state index is 11.6. The highest BCUT2D eigenvalue weighted by Gasteiger charge is 2.29. The first-order chi connectivity index (χ1) is 8.24. The molecule has 0 aromatic heterocycles. The van der Waals surface area contributed by atoms with E-state index in [1.807, 2.05) is 0 Å². The maximum absolute atomic E-state index is 11.6. The van der Waals surface area contributed by atoms with E-state index in [1.54, 1.807) is 7.11 Å².